The third kappa shape index (κ3) is 3.80. The normalized spacial score (nSPS) is 17.8. The lowest BCUT2D eigenvalue weighted by Gasteiger charge is -2.34. The van der Waals surface area contributed by atoms with Gasteiger partial charge in [0.25, 0.3) is 0 Å². The predicted octanol–water partition coefficient (Wildman–Crippen LogP) is 3.44. The molecule has 0 fully saturated rings. The van der Waals surface area contributed by atoms with Crippen LogP contribution in [0.5, 0.6) is 5.75 Å². The number of rotatable bonds is 4. The molecule has 1 aliphatic heterocycles. The Kier molecular flexibility index (Phi) is 5.30. The Morgan fingerprint density at radius 2 is 2.12 bits per heavy atom. The highest BCUT2D eigenvalue weighted by molar-refractivity contribution is 6.31. The largest absolute Gasteiger partial charge is 0.497 e. The number of nitrogens with two attached hydrogens (primary N) is 1. The summed E-state index contributed by atoms with van der Waals surface area (Å²) in [5.74, 6) is 1.04. The molecule has 0 spiro atoms. The van der Waals surface area contributed by atoms with Crippen LogP contribution in [0.4, 0.5) is 5.69 Å². The van der Waals surface area contributed by atoms with Crippen molar-refractivity contribution in [3.63, 3.8) is 0 Å². The van der Waals surface area contributed by atoms with E-state index in [1.165, 1.54) is 5.56 Å². The van der Waals surface area contributed by atoms with Crippen molar-refractivity contribution < 1.29 is 9.53 Å². The van der Waals surface area contributed by atoms with Crippen molar-refractivity contribution in [2.24, 2.45) is 11.7 Å². The lowest BCUT2D eigenvalue weighted by atomic mass is 9.93. The SMILES string of the molecule is COc1ccc(C[C@@H](N)C(=O)N2CC(C)Cc3ccccc32)c(Cl)c1. The molecule has 1 amide bonds. The molecule has 0 saturated heterocycles. The number of para-hydroxylation sites is 1. The third-order valence-electron chi connectivity index (χ3n) is 4.63. The summed E-state index contributed by atoms with van der Waals surface area (Å²) in [6, 6.07) is 12.8. The number of fused-ring (bicyclic) bond motifs is 1. The topological polar surface area (TPSA) is 55.6 Å². The van der Waals surface area contributed by atoms with Gasteiger partial charge in [-0.15, -0.1) is 0 Å². The Hall–Kier alpha value is -2.04. The van der Waals surface area contributed by atoms with Gasteiger partial charge in [-0.2, -0.15) is 0 Å². The third-order valence-corrected chi connectivity index (χ3v) is 4.98. The standard InChI is InChI=1S/C20H23ClN2O2/c1-13-9-15-5-3-4-6-19(15)23(12-13)20(24)18(22)10-14-7-8-16(25-2)11-17(14)21/h3-8,11,13,18H,9-10,12,22H2,1-2H3/t13?,18-/m1/s1. The van der Waals surface area contributed by atoms with Crippen LogP contribution in [-0.2, 0) is 17.6 Å². The average molecular weight is 359 g/mol. The summed E-state index contributed by atoms with van der Waals surface area (Å²) in [5, 5.41) is 0.565. The van der Waals surface area contributed by atoms with Gasteiger partial charge in [-0.3, -0.25) is 4.79 Å². The minimum Gasteiger partial charge on any atom is -0.497 e. The average Bonchev–Trinajstić information content (AvgIpc) is 2.61. The number of ether oxygens (including phenoxy) is 1. The number of halogens is 1. The van der Waals surface area contributed by atoms with E-state index < -0.39 is 6.04 Å². The van der Waals surface area contributed by atoms with Crippen molar-refractivity contribution in [1.82, 2.24) is 0 Å². The smallest absolute Gasteiger partial charge is 0.244 e. The number of benzene rings is 2. The van der Waals surface area contributed by atoms with Gasteiger partial charge in [0.2, 0.25) is 5.91 Å². The second kappa shape index (κ2) is 7.46. The van der Waals surface area contributed by atoms with E-state index in [-0.39, 0.29) is 5.91 Å². The highest BCUT2D eigenvalue weighted by Crippen LogP contribution is 2.30. The first kappa shape index (κ1) is 17.8. The molecule has 0 saturated carbocycles. The van der Waals surface area contributed by atoms with Gasteiger partial charge in [0, 0.05) is 17.3 Å². The fraction of sp³-hybridized carbons (Fsp3) is 0.350. The van der Waals surface area contributed by atoms with Crippen LogP contribution in [-0.4, -0.2) is 25.6 Å². The van der Waals surface area contributed by atoms with Crippen molar-refractivity contribution in [2.45, 2.75) is 25.8 Å². The van der Waals surface area contributed by atoms with E-state index in [0.717, 1.165) is 17.7 Å². The first-order valence-electron chi connectivity index (χ1n) is 8.47. The summed E-state index contributed by atoms with van der Waals surface area (Å²) < 4.78 is 5.16. The molecule has 1 aliphatic rings. The van der Waals surface area contributed by atoms with E-state index in [1.54, 1.807) is 13.2 Å². The second-order valence-electron chi connectivity index (χ2n) is 6.65. The molecular formula is C20H23ClN2O2. The van der Waals surface area contributed by atoms with Gasteiger partial charge in [-0.05, 0) is 48.1 Å². The number of nitrogens with zero attached hydrogens (tertiary/aromatic N) is 1. The van der Waals surface area contributed by atoms with E-state index in [1.807, 2.05) is 35.2 Å². The van der Waals surface area contributed by atoms with Gasteiger partial charge in [-0.1, -0.05) is 42.8 Å². The molecule has 0 bridgehead atoms. The molecule has 5 heteroatoms. The van der Waals surface area contributed by atoms with Crippen LogP contribution >= 0.6 is 11.6 Å². The Bertz CT molecular complexity index is 778. The number of amides is 1. The van der Waals surface area contributed by atoms with E-state index in [2.05, 4.69) is 13.0 Å². The fourth-order valence-corrected chi connectivity index (χ4v) is 3.60. The number of anilines is 1. The number of carbonyl (C=O) groups is 1. The first-order chi connectivity index (χ1) is 12.0. The molecule has 25 heavy (non-hydrogen) atoms. The molecule has 4 nitrogen and oxygen atoms in total. The van der Waals surface area contributed by atoms with Crippen LogP contribution < -0.4 is 15.4 Å². The van der Waals surface area contributed by atoms with Gasteiger partial charge in [-0.25, -0.2) is 0 Å². The molecule has 2 aromatic rings. The zero-order valence-electron chi connectivity index (χ0n) is 14.5. The number of hydrogen-bond donors (Lipinski definition) is 1. The Balaban J connectivity index is 1.79. The molecular weight excluding hydrogens is 336 g/mol. The molecule has 2 atom stereocenters. The maximum Gasteiger partial charge on any atom is 0.244 e. The summed E-state index contributed by atoms with van der Waals surface area (Å²) in [6.07, 6.45) is 1.38. The summed E-state index contributed by atoms with van der Waals surface area (Å²) >= 11 is 6.29. The Morgan fingerprint density at radius 3 is 2.84 bits per heavy atom. The Morgan fingerprint density at radius 1 is 1.36 bits per heavy atom. The Labute approximate surface area is 153 Å². The molecule has 1 unspecified atom stereocenters. The van der Waals surface area contributed by atoms with Crippen molar-refractivity contribution >= 4 is 23.2 Å². The molecule has 132 valence electrons. The van der Waals surface area contributed by atoms with Crippen molar-refractivity contribution in [1.29, 1.82) is 0 Å². The van der Waals surface area contributed by atoms with Crippen LogP contribution in [0.25, 0.3) is 0 Å². The lowest BCUT2D eigenvalue weighted by Crippen LogP contribution is -2.48. The lowest BCUT2D eigenvalue weighted by molar-refractivity contribution is -0.120. The molecule has 0 aliphatic carbocycles. The number of hydrogen-bond acceptors (Lipinski definition) is 3. The van der Waals surface area contributed by atoms with Crippen molar-refractivity contribution in [3.05, 3.63) is 58.6 Å². The van der Waals surface area contributed by atoms with E-state index in [4.69, 9.17) is 22.1 Å². The summed E-state index contributed by atoms with van der Waals surface area (Å²) in [6.45, 7) is 2.85. The van der Waals surface area contributed by atoms with Gasteiger partial charge in [0.15, 0.2) is 0 Å². The highest BCUT2D eigenvalue weighted by Gasteiger charge is 2.29. The maximum atomic E-state index is 13.0. The fourth-order valence-electron chi connectivity index (χ4n) is 3.35. The molecule has 0 aromatic heterocycles. The highest BCUT2D eigenvalue weighted by atomic mass is 35.5. The second-order valence-corrected chi connectivity index (χ2v) is 7.06. The van der Waals surface area contributed by atoms with E-state index >= 15 is 0 Å². The quantitative estimate of drug-likeness (QED) is 0.910. The molecule has 2 aromatic carbocycles. The maximum absolute atomic E-state index is 13.0. The first-order valence-corrected chi connectivity index (χ1v) is 8.84. The predicted molar refractivity (Wildman–Crippen MR) is 101 cm³/mol. The van der Waals surface area contributed by atoms with Crippen LogP contribution in [0.15, 0.2) is 42.5 Å². The molecule has 1 heterocycles. The zero-order chi connectivity index (χ0) is 18.0. The molecule has 3 rings (SSSR count). The van der Waals surface area contributed by atoms with Gasteiger partial charge >= 0.3 is 0 Å². The minimum absolute atomic E-state index is 0.0640. The summed E-state index contributed by atoms with van der Waals surface area (Å²) in [4.78, 5) is 14.8. The number of methoxy groups -OCH3 is 1. The van der Waals surface area contributed by atoms with Crippen LogP contribution in [0.2, 0.25) is 5.02 Å². The van der Waals surface area contributed by atoms with Crippen molar-refractivity contribution in [2.75, 3.05) is 18.6 Å². The monoisotopic (exact) mass is 358 g/mol. The molecule has 2 N–H and O–H groups in total. The van der Waals surface area contributed by atoms with Crippen LogP contribution in [0.3, 0.4) is 0 Å². The van der Waals surface area contributed by atoms with Gasteiger partial charge < -0.3 is 15.4 Å². The van der Waals surface area contributed by atoms with Crippen molar-refractivity contribution in [3.8, 4) is 5.75 Å². The molecule has 0 radical (unpaired) electrons. The van der Waals surface area contributed by atoms with Gasteiger partial charge in [0.05, 0.1) is 13.2 Å². The van der Waals surface area contributed by atoms with Crippen LogP contribution in [0, 0.1) is 5.92 Å². The van der Waals surface area contributed by atoms with E-state index in [9.17, 15) is 4.79 Å². The minimum atomic E-state index is -0.635. The number of carbonyl (C=O) groups excluding carboxylic acids is 1. The van der Waals surface area contributed by atoms with Gasteiger partial charge in [0.1, 0.15) is 5.75 Å². The summed E-state index contributed by atoms with van der Waals surface area (Å²) in [5.41, 5.74) is 9.26. The van der Waals surface area contributed by atoms with E-state index in [0.29, 0.717) is 29.7 Å². The summed E-state index contributed by atoms with van der Waals surface area (Å²) in [7, 11) is 1.59. The van der Waals surface area contributed by atoms with Crippen LogP contribution in [0.1, 0.15) is 18.1 Å². The zero-order valence-corrected chi connectivity index (χ0v) is 15.3.